The third-order valence-corrected chi connectivity index (χ3v) is 2.09. The Balaban J connectivity index is 3.17. The number of rotatable bonds is 4. The minimum Gasteiger partial charge on any atom is -0.389 e. The average Bonchev–Trinajstić information content (AvgIpc) is 2.18. The first-order valence-corrected chi connectivity index (χ1v) is 4.84. The molecule has 0 aliphatic rings. The second-order valence-electron chi connectivity index (χ2n) is 3.08. The second kappa shape index (κ2) is 4.99. The quantitative estimate of drug-likeness (QED) is 0.723. The van der Waals surface area contributed by atoms with E-state index in [2.05, 4.69) is 5.10 Å². The highest BCUT2D eigenvalue weighted by Gasteiger charge is 2.08. The molecule has 6 heteroatoms. The number of aryl methyl sites for hydroxylation is 1. The van der Waals surface area contributed by atoms with Crippen LogP contribution in [0, 0.1) is 6.92 Å². The Kier molecular flexibility index (Phi) is 3.93. The molecule has 0 spiro atoms. The van der Waals surface area contributed by atoms with Crippen molar-refractivity contribution in [2.45, 2.75) is 13.5 Å². The molecular weight excluding hydrogens is 214 g/mol. The van der Waals surface area contributed by atoms with Crippen molar-refractivity contribution in [3.05, 3.63) is 27.7 Å². The van der Waals surface area contributed by atoms with E-state index in [-0.39, 0.29) is 10.5 Å². The SMILES string of the molecule is COCCn1nc(C)cc(C(N)=S)c1=O. The number of thiocarbonyl (C=S) groups is 1. The van der Waals surface area contributed by atoms with Crippen LogP contribution in [-0.2, 0) is 11.3 Å². The molecule has 0 amide bonds. The van der Waals surface area contributed by atoms with E-state index >= 15 is 0 Å². The van der Waals surface area contributed by atoms with Crippen LogP contribution in [-0.4, -0.2) is 28.5 Å². The minimum atomic E-state index is -0.273. The van der Waals surface area contributed by atoms with Crippen LogP contribution in [0.2, 0.25) is 0 Å². The lowest BCUT2D eigenvalue weighted by Crippen LogP contribution is -2.32. The topological polar surface area (TPSA) is 70.1 Å². The summed E-state index contributed by atoms with van der Waals surface area (Å²) in [7, 11) is 1.56. The van der Waals surface area contributed by atoms with Gasteiger partial charge in [0.1, 0.15) is 4.99 Å². The highest BCUT2D eigenvalue weighted by atomic mass is 32.1. The molecule has 0 aliphatic heterocycles. The Labute approximate surface area is 92.8 Å². The maximum absolute atomic E-state index is 11.7. The van der Waals surface area contributed by atoms with Gasteiger partial charge in [0.25, 0.3) is 5.56 Å². The highest BCUT2D eigenvalue weighted by Crippen LogP contribution is 1.95. The standard InChI is InChI=1S/C9H13N3O2S/c1-6-5-7(8(10)15)9(13)12(11-6)3-4-14-2/h5H,3-4H2,1-2H3,(H2,10,15). The van der Waals surface area contributed by atoms with Gasteiger partial charge in [0.15, 0.2) is 0 Å². The maximum Gasteiger partial charge on any atom is 0.277 e. The second-order valence-corrected chi connectivity index (χ2v) is 3.52. The molecule has 0 bridgehead atoms. The Hall–Kier alpha value is -1.27. The van der Waals surface area contributed by atoms with Crippen molar-refractivity contribution >= 4 is 17.2 Å². The molecule has 1 rings (SSSR count). The lowest BCUT2D eigenvalue weighted by Gasteiger charge is -2.07. The predicted molar refractivity (Wildman–Crippen MR) is 61.0 cm³/mol. The van der Waals surface area contributed by atoms with E-state index in [0.29, 0.717) is 24.4 Å². The predicted octanol–water partition coefficient (Wildman–Crippen LogP) is -0.168. The number of hydrogen-bond acceptors (Lipinski definition) is 4. The molecule has 15 heavy (non-hydrogen) atoms. The average molecular weight is 227 g/mol. The van der Waals surface area contributed by atoms with E-state index in [1.54, 1.807) is 20.1 Å². The summed E-state index contributed by atoms with van der Waals surface area (Å²) in [5.41, 5.74) is 6.20. The largest absolute Gasteiger partial charge is 0.389 e. The van der Waals surface area contributed by atoms with Gasteiger partial charge in [0, 0.05) is 7.11 Å². The number of methoxy groups -OCH3 is 1. The highest BCUT2D eigenvalue weighted by molar-refractivity contribution is 7.80. The van der Waals surface area contributed by atoms with Crippen LogP contribution >= 0.6 is 12.2 Å². The van der Waals surface area contributed by atoms with E-state index in [4.69, 9.17) is 22.7 Å². The van der Waals surface area contributed by atoms with Gasteiger partial charge in [-0.2, -0.15) is 5.10 Å². The van der Waals surface area contributed by atoms with Crippen LogP contribution in [0.4, 0.5) is 0 Å². The van der Waals surface area contributed by atoms with Crippen LogP contribution in [0.5, 0.6) is 0 Å². The van der Waals surface area contributed by atoms with Crippen LogP contribution in [0.15, 0.2) is 10.9 Å². The van der Waals surface area contributed by atoms with Crippen LogP contribution in [0.1, 0.15) is 11.3 Å². The summed E-state index contributed by atoms with van der Waals surface area (Å²) in [6.45, 7) is 2.60. The molecule has 0 aromatic carbocycles. The summed E-state index contributed by atoms with van der Waals surface area (Å²) in [6, 6.07) is 1.59. The zero-order valence-corrected chi connectivity index (χ0v) is 9.50. The molecule has 1 aromatic rings. The molecule has 0 saturated heterocycles. The van der Waals surface area contributed by atoms with Crippen LogP contribution in [0.25, 0.3) is 0 Å². The van der Waals surface area contributed by atoms with E-state index < -0.39 is 0 Å². The van der Waals surface area contributed by atoms with Crippen molar-refractivity contribution in [3.8, 4) is 0 Å². The molecule has 0 unspecified atom stereocenters. The van der Waals surface area contributed by atoms with Gasteiger partial charge in [-0.15, -0.1) is 0 Å². The molecule has 0 radical (unpaired) electrons. The molecule has 0 atom stereocenters. The third kappa shape index (κ3) is 2.84. The zero-order valence-electron chi connectivity index (χ0n) is 8.69. The number of hydrogen-bond donors (Lipinski definition) is 1. The fourth-order valence-electron chi connectivity index (χ4n) is 1.18. The Morgan fingerprint density at radius 3 is 2.93 bits per heavy atom. The molecule has 2 N–H and O–H groups in total. The number of ether oxygens (including phenoxy) is 1. The van der Waals surface area contributed by atoms with E-state index in [1.165, 1.54) is 4.68 Å². The van der Waals surface area contributed by atoms with Crippen molar-refractivity contribution < 1.29 is 4.74 Å². The van der Waals surface area contributed by atoms with Gasteiger partial charge in [-0.1, -0.05) is 12.2 Å². The van der Waals surface area contributed by atoms with Crippen molar-refractivity contribution in [2.75, 3.05) is 13.7 Å². The monoisotopic (exact) mass is 227 g/mol. The summed E-state index contributed by atoms with van der Waals surface area (Å²) >= 11 is 4.79. The lowest BCUT2D eigenvalue weighted by atomic mass is 10.2. The minimum absolute atomic E-state index is 0.0941. The van der Waals surface area contributed by atoms with Crippen molar-refractivity contribution in [3.63, 3.8) is 0 Å². The van der Waals surface area contributed by atoms with Gasteiger partial charge in [0.05, 0.1) is 24.4 Å². The summed E-state index contributed by atoms with van der Waals surface area (Å²) in [5, 5.41) is 4.06. The van der Waals surface area contributed by atoms with Gasteiger partial charge < -0.3 is 10.5 Å². The van der Waals surface area contributed by atoms with Crippen molar-refractivity contribution in [1.29, 1.82) is 0 Å². The fourth-order valence-corrected chi connectivity index (χ4v) is 1.33. The molecule has 82 valence electrons. The molecule has 1 aromatic heterocycles. The molecule has 0 fully saturated rings. The number of nitrogens with two attached hydrogens (primary N) is 1. The van der Waals surface area contributed by atoms with E-state index in [0.717, 1.165) is 0 Å². The van der Waals surface area contributed by atoms with Crippen molar-refractivity contribution in [2.24, 2.45) is 5.73 Å². The molecule has 0 saturated carbocycles. The van der Waals surface area contributed by atoms with Gasteiger partial charge >= 0.3 is 0 Å². The maximum atomic E-state index is 11.7. The fraction of sp³-hybridized carbons (Fsp3) is 0.444. The first-order chi connectivity index (χ1) is 7.06. The van der Waals surface area contributed by atoms with Gasteiger partial charge in [-0.25, -0.2) is 4.68 Å². The first kappa shape index (κ1) is 11.8. The summed E-state index contributed by atoms with van der Waals surface area (Å²) in [4.78, 5) is 11.8. The summed E-state index contributed by atoms with van der Waals surface area (Å²) < 4.78 is 6.19. The van der Waals surface area contributed by atoms with E-state index in [1.807, 2.05) is 0 Å². The molecule has 0 aliphatic carbocycles. The first-order valence-electron chi connectivity index (χ1n) is 4.43. The Bertz CT molecular complexity index is 428. The number of aromatic nitrogens is 2. The zero-order chi connectivity index (χ0) is 11.4. The van der Waals surface area contributed by atoms with Gasteiger partial charge in [0.2, 0.25) is 0 Å². The van der Waals surface area contributed by atoms with Crippen LogP contribution < -0.4 is 11.3 Å². The Morgan fingerprint density at radius 1 is 1.73 bits per heavy atom. The smallest absolute Gasteiger partial charge is 0.277 e. The molecular formula is C9H13N3O2S. The number of nitrogens with zero attached hydrogens (tertiary/aromatic N) is 2. The summed E-state index contributed by atoms with van der Waals surface area (Å²) in [6.07, 6.45) is 0. The van der Waals surface area contributed by atoms with Crippen molar-refractivity contribution in [1.82, 2.24) is 9.78 Å². The molecule has 5 nitrogen and oxygen atoms in total. The van der Waals surface area contributed by atoms with E-state index in [9.17, 15) is 4.79 Å². The molecule has 1 heterocycles. The van der Waals surface area contributed by atoms with Gasteiger partial charge in [-0.05, 0) is 13.0 Å². The Morgan fingerprint density at radius 2 is 2.40 bits per heavy atom. The van der Waals surface area contributed by atoms with Crippen LogP contribution in [0.3, 0.4) is 0 Å². The summed E-state index contributed by atoms with van der Waals surface area (Å²) in [5.74, 6) is 0. The lowest BCUT2D eigenvalue weighted by molar-refractivity contribution is 0.181. The third-order valence-electron chi connectivity index (χ3n) is 1.87. The normalized spacial score (nSPS) is 10.3. The van der Waals surface area contributed by atoms with Gasteiger partial charge in [-0.3, -0.25) is 4.79 Å².